The summed E-state index contributed by atoms with van der Waals surface area (Å²) in [5.41, 5.74) is 1.62. The lowest BCUT2D eigenvalue weighted by molar-refractivity contribution is 0.255. The van der Waals surface area contributed by atoms with Gasteiger partial charge in [-0.3, -0.25) is 0 Å². The molecule has 0 aliphatic carbocycles. The highest BCUT2D eigenvalue weighted by Gasteiger charge is 2.06. The van der Waals surface area contributed by atoms with Crippen LogP contribution in [0.5, 0.6) is 11.5 Å². The lowest BCUT2D eigenvalue weighted by atomic mass is 10.2. The maximum absolute atomic E-state index is 11.8. The minimum atomic E-state index is -0.334. The number of carbonyl (C=O) groups excluding carboxylic acids is 1. The van der Waals surface area contributed by atoms with Crippen LogP contribution in [0, 0.1) is 0 Å². The molecule has 0 atom stereocenters. The molecule has 0 spiro atoms. The molecule has 5 heteroatoms. The molecule has 2 aromatic carbocycles. The second-order valence-corrected chi connectivity index (χ2v) is 4.41. The Balaban J connectivity index is 1.93. The third-order valence-corrected chi connectivity index (χ3v) is 2.93. The molecular formula is C17H18N2O3. The minimum absolute atomic E-state index is 0.334. The molecule has 0 aliphatic rings. The van der Waals surface area contributed by atoms with E-state index in [0.29, 0.717) is 17.2 Å². The van der Waals surface area contributed by atoms with Gasteiger partial charge in [0.15, 0.2) is 11.5 Å². The lowest BCUT2D eigenvalue weighted by Gasteiger charge is -2.10. The quantitative estimate of drug-likeness (QED) is 0.888. The summed E-state index contributed by atoms with van der Waals surface area (Å²) >= 11 is 0. The lowest BCUT2D eigenvalue weighted by Crippen LogP contribution is -2.23. The number of amides is 2. The van der Waals surface area contributed by atoms with Gasteiger partial charge in [0.2, 0.25) is 0 Å². The van der Waals surface area contributed by atoms with E-state index >= 15 is 0 Å². The van der Waals surface area contributed by atoms with Gasteiger partial charge in [0, 0.05) is 18.0 Å². The van der Waals surface area contributed by atoms with Crippen LogP contribution in [0.4, 0.5) is 10.5 Å². The number of nitrogens with one attached hydrogen (secondary N) is 2. The van der Waals surface area contributed by atoms with Gasteiger partial charge in [0.25, 0.3) is 0 Å². The molecule has 0 saturated heterocycles. The van der Waals surface area contributed by atoms with Crippen molar-refractivity contribution < 1.29 is 14.3 Å². The van der Waals surface area contributed by atoms with E-state index in [4.69, 9.17) is 9.47 Å². The van der Waals surface area contributed by atoms with Gasteiger partial charge in [0.05, 0.1) is 14.2 Å². The molecular weight excluding hydrogens is 280 g/mol. The molecule has 2 N–H and O–H groups in total. The van der Waals surface area contributed by atoms with E-state index in [9.17, 15) is 4.79 Å². The summed E-state index contributed by atoms with van der Waals surface area (Å²) < 4.78 is 10.3. The zero-order valence-corrected chi connectivity index (χ0v) is 12.5. The van der Waals surface area contributed by atoms with Crippen molar-refractivity contribution in [2.45, 2.75) is 0 Å². The molecule has 2 aromatic rings. The van der Waals surface area contributed by atoms with Crippen LogP contribution in [0.1, 0.15) is 5.56 Å². The number of hydrogen-bond donors (Lipinski definition) is 2. The van der Waals surface area contributed by atoms with E-state index in [1.165, 1.54) is 0 Å². The van der Waals surface area contributed by atoms with E-state index in [1.54, 1.807) is 38.6 Å². The molecule has 0 radical (unpaired) electrons. The second kappa shape index (κ2) is 7.73. The smallest absolute Gasteiger partial charge is 0.323 e. The van der Waals surface area contributed by atoms with Crippen LogP contribution >= 0.6 is 0 Å². The maximum atomic E-state index is 11.8. The molecule has 0 fully saturated rings. The Morgan fingerprint density at radius 2 is 1.73 bits per heavy atom. The van der Waals surface area contributed by atoms with E-state index < -0.39 is 0 Å². The number of benzene rings is 2. The molecule has 0 aromatic heterocycles. The molecule has 0 unspecified atom stereocenters. The van der Waals surface area contributed by atoms with Crippen LogP contribution in [-0.4, -0.2) is 20.3 Å². The van der Waals surface area contributed by atoms with E-state index in [0.717, 1.165) is 5.56 Å². The fraction of sp³-hybridized carbons (Fsp3) is 0.118. The average Bonchev–Trinajstić information content (AvgIpc) is 2.55. The number of rotatable bonds is 5. The number of urea groups is 1. The number of hydrogen-bond acceptors (Lipinski definition) is 3. The number of anilines is 1. The molecule has 0 heterocycles. The Labute approximate surface area is 129 Å². The van der Waals surface area contributed by atoms with Crippen LogP contribution in [0.3, 0.4) is 0 Å². The van der Waals surface area contributed by atoms with Crippen LogP contribution in [0.2, 0.25) is 0 Å². The van der Waals surface area contributed by atoms with Crippen LogP contribution in [0.15, 0.2) is 54.7 Å². The monoisotopic (exact) mass is 298 g/mol. The third-order valence-electron chi connectivity index (χ3n) is 2.93. The Bertz CT molecular complexity index is 654. The summed E-state index contributed by atoms with van der Waals surface area (Å²) in [6.45, 7) is 0. The molecule has 0 bridgehead atoms. The van der Waals surface area contributed by atoms with Crippen molar-refractivity contribution in [2.24, 2.45) is 0 Å². The molecule has 22 heavy (non-hydrogen) atoms. The van der Waals surface area contributed by atoms with Gasteiger partial charge >= 0.3 is 6.03 Å². The second-order valence-electron chi connectivity index (χ2n) is 4.41. The first kappa shape index (κ1) is 15.4. The van der Waals surface area contributed by atoms with Gasteiger partial charge in [-0.15, -0.1) is 0 Å². The van der Waals surface area contributed by atoms with Gasteiger partial charge in [-0.05, 0) is 23.8 Å². The van der Waals surface area contributed by atoms with Gasteiger partial charge in [0.1, 0.15) is 0 Å². The zero-order chi connectivity index (χ0) is 15.8. The first-order valence-electron chi connectivity index (χ1n) is 6.74. The van der Waals surface area contributed by atoms with Crippen molar-refractivity contribution in [1.82, 2.24) is 5.32 Å². The Kier molecular flexibility index (Phi) is 5.43. The first-order chi connectivity index (χ1) is 10.7. The molecule has 0 aliphatic heterocycles. The van der Waals surface area contributed by atoms with Gasteiger partial charge in [-0.25, -0.2) is 4.79 Å². The van der Waals surface area contributed by atoms with Crippen LogP contribution < -0.4 is 20.1 Å². The Morgan fingerprint density at radius 1 is 1.00 bits per heavy atom. The summed E-state index contributed by atoms with van der Waals surface area (Å²) in [5, 5.41) is 5.36. The molecule has 0 saturated carbocycles. The van der Waals surface area contributed by atoms with Crippen molar-refractivity contribution in [2.75, 3.05) is 19.5 Å². The predicted octanol–water partition coefficient (Wildman–Crippen LogP) is 3.50. The van der Waals surface area contributed by atoms with E-state index in [2.05, 4.69) is 10.6 Å². The average molecular weight is 298 g/mol. The van der Waals surface area contributed by atoms with Crippen molar-refractivity contribution >= 4 is 17.8 Å². The zero-order valence-electron chi connectivity index (χ0n) is 12.5. The number of carbonyl (C=O) groups is 1. The standard InChI is InChI=1S/C17H18N2O3/c1-21-15-9-8-14(12-16(15)22-2)19-17(20)18-11-10-13-6-4-3-5-7-13/h3-12H,1-2H3,(H2,18,19,20)/b11-10+. The van der Waals surface area contributed by atoms with E-state index in [-0.39, 0.29) is 6.03 Å². The fourth-order valence-corrected chi connectivity index (χ4v) is 1.86. The molecule has 2 amide bonds. The maximum Gasteiger partial charge on any atom is 0.323 e. The summed E-state index contributed by atoms with van der Waals surface area (Å²) in [7, 11) is 3.11. The van der Waals surface area contributed by atoms with Crippen molar-refractivity contribution in [3.05, 3.63) is 60.3 Å². The Hall–Kier alpha value is -2.95. The predicted molar refractivity (Wildman–Crippen MR) is 87.2 cm³/mol. The minimum Gasteiger partial charge on any atom is -0.493 e. The SMILES string of the molecule is COc1ccc(NC(=O)N/C=C/c2ccccc2)cc1OC. The van der Waals surface area contributed by atoms with E-state index in [1.807, 2.05) is 36.4 Å². The molecule has 5 nitrogen and oxygen atoms in total. The van der Waals surface area contributed by atoms with Crippen LogP contribution in [-0.2, 0) is 0 Å². The molecule has 2 rings (SSSR count). The highest BCUT2D eigenvalue weighted by Crippen LogP contribution is 2.29. The van der Waals surface area contributed by atoms with Crippen LogP contribution in [0.25, 0.3) is 6.08 Å². The summed E-state index contributed by atoms with van der Waals surface area (Å²) in [5.74, 6) is 1.16. The van der Waals surface area contributed by atoms with Gasteiger partial charge in [-0.1, -0.05) is 30.3 Å². The molecule has 114 valence electrons. The fourth-order valence-electron chi connectivity index (χ4n) is 1.86. The highest BCUT2D eigenvalue weighted by atomic mass is 16.5. The normalized spacial score (nSPS) is 10.3. The van der Waals surface area contributed by atoms with Crippen molar-refractivity contribution in [3.63, 3.8) is 0 Å². The summed E-state index contributed by atoms with van der Waals surface area (Å²) in [6, 6.07) is 14.5. The highest BCUT2D eigenvalue weighted by molar-refractivity contribution is 5.90. The van der Waals surface area contributed by atoms with Crippen molar-refractivity contribution in [3.8, 4) is 11.5 Å². The summed E-state index contributed by atoms with van der Waals surface area (Å²) in [4.78, 5) is 11.8. The van der Waals surface area contributed by atoms with Gasteiger partial charge < -0.3 is 20.1 Å². The number of ether oxygens (including phenoxy) is 2. The number of methoxy groups -OCH3 is 2. The Morgan fingerprint density at radius 3 is 2.41 bits per heavy atom. The third kappa shape index (κ3) is 4.28. The van der Waals surface area contributed by atoms with Gasteiger partial charge in [-0.2, -0.15) is 0 Å². The first-order valence-corrected chi connectivity index (χ1v) is 6.74. The topological polar surface area (TPSA) is 59.6 Å². The largest absolute Gasteiger partial charge is 0.493 e. The van der Waals surface area contributed by atoms with Crippen molar-refractivity contribution in [1.29, 1.82) is 0 Å². The summed E-state index contributed by atoms with van der Waals surface area (Å²) in [6.07, 6.45) is 3.40.